The first-order valence-electron chi connectivity index (χ1n) is 10.6. The Hall–Kier alpha value is 0.180. The van der Waals surface area contributed by atoms with E-state index in [1.54, 1.807) is 0 Å². The Labute approximate surface area is 181 Å². The van der Waals surface area contributed by atoms with Crippen LogP contribution in [0.1, 0.15) is 87.0 Å². The molecule has 0 aliphatic carbocycles. The van der Waals surface area contributed by atoms with Crippen LogP contribution in [0.4, 0.5) is 0 Å². The molecule has 0 aromatic carbocycles. The second kappa shape index (κ2) is 12.4. The summed E-state index contributed by atoms with van der Waals surface area (Å²) in [7, 11) is -9.29. The first-order chi connectivity index (χ1) is 13.5. The lowest BCUT2D eigenvalue weighted by molar-refractivity contribution is -0.153. The highest BCUT2D eigenvalue weighted by atomic mass is 31.2. The molecule has 3 unspecified atom stereocenters. The van der Waals surface area contributed by atoms with E-state index in [0.717, 1.165) is 12.8 Å². The Morgan fingerprint density at radius 2 is 1.17 bits per heavy atom. The zero-order valence-corrected chi connectivity index (χ0v) is 21.2. The minimum atomic E-state index is -4.68. The van der Waals surface area contributed by atoms with Gasteiger partial charge in [-0.1, -0.05) is 67.7 Å². The van der Waals surface area contributed by atoms with Gasteiger partial charge in [0.15, 0.2) is 0 Å². The number of phosphoric ester groups is 2. The monoisotopic (exact) mass is 476 g/mol. The summed E-state index contributed by atoms with van der Waals surface area (Å²) in [4.78, 5) is 36.9. The van der Waals surface area contributed by atoms with Gasteiger partial charge in [0.05, 0.1) is 24.9 Å². The number of hydrogen-bond acceptors (Lipinski definition) is 5. The van der Waals surface area contributed by atoms with E-state index in [4.69, 9.17) is 23.6 Å². The second-order valence-corrected chi connectivity index (χ2v) is 11.6. The maximum absolute atomic E-state index is 11.5. The first kappa shape index (κ1) is 30.2. The van der Waals surface area contributed by atoms with Gasteiger partial charge in [0.2, 0.25) is 0 Å². The van der Waals surface area contributed by atoms with Gasteiger partial charge in [-0.2, -0.15) is 0 Å². The molecule has 0 bridgehead atoms. The molecular formula is C19H42O9P2. The van der Waals surface area contributed by atoms with Gasteiger partial charge < -0.3 is 24.3 Å². The van der Waals surface area contributed by atoms with Crippen molar-refractivity contribution in [2.75, 3.05) is 6.61 Å². The fourth-order valence-corrected chi connectivity index (χ4v) is 4.73. The highest BCUT2D eigenvalue weighted by Gasteiger charge is 2.44. The molecule has 0 saturated carbocycles. The molecule has 0 aromatic rings. The van der Waals surface area contributed by atoms with Crippen LogP contribution in [0.25, 0.3) is 0 Å². The van der Waals surface area contributed by atoms with Gasteiger partial charge in [-0.25, -0.2) is 9.13 Å². The van der Waals surface area contributed by atoms with Crippen LogP contribution in [0.2, 0.25) is 0 Å². The number of ether oxygens (including phenoxy) is 1. The van der Waals surface area contributed by atoms with Crippen LogP contribution in [-0.4, -0.2) is 44.5 Å². The summed E-state index contributed by atoms with van der Waals surface area (Å²) in [5.41, 5.74) is -1.40. The van der Waals surface area contributed by atoms with Crippen molar-refractivity contribution in [3.05, 3.63) is 0 Å². The SMILES string of the molecule is CCCC(OC(CCC)C(C)(C)C(CCC)OP(=O)(O)O)C(C)(C)COP(=O)(O)O. The predicted octanol–water partition coefficient (Wildman–Crippen LogP) is 4.78. The third-order valence-corrected chi connectivity index (χ3v) is 6.38. The predicted molar refractivity (Wildman–Crippen MR) is 116 cm³/mol. The average Bonchev–Trinajstić information content (AvgIpc) is 2.57. The van der Waals surface area contributed by atoms with Crippen LogP contribution in [0.5, 0.6) is 0 Å². The topological polar surface area (TPSA) is 143 Å². The summed E-state index contributed by atoms with van der Waals surface area (Å²) in [5.74, 6) is 0. The Balaban J connectivity index is 5.78. The third-order valence-electron chi connectivity index (χ3n) is 5.38. The van der Waals surface area contributed by atoms with E-state index in [2.05, 4.69) is 0 Å². The maximum atomic E-state index is 11.5. The molecule has 0 radical (unpaired) electrons. The number of hydrogen-bond donors (Lipinski definition) is 4. The van der Waals surface area contributed by atoms with Gasteiger partial charge in [-0.05, 0) is 19.3 Å². The van der Waals surface area contributed by atoms with Crippen molar-refractivity contribution >= 4 is 15.6 Å². The molecule has 0 amide bonds. The van der Waals surface area contributed by atoms with Crippen molar-refractivity contribution < 1.29 is 42.5 Å². The van der Waals surface area contributed by atoms with Gasteiger partial charge in [-0.3, -0.25) is 9.05 Å². The average molecular weight is 476 g/mol. The minimum Gasteiger partial charge on any atom is -0.374 e. The molecule has 3 atom stereocenters. The Morgan fingerprint density at radius 1 is 0.733 bits per heavy atom. The van der Waals surface area contributed by atoms with Crippen LogP contribution in [0, 0.1) is 10.8 Å². The zero-order chi connectivity index (χ0) is 23.8. The molecule has 0 heterocycles. The molecule has 30 heavy (non-hydrogen) atoms. The summed E-state index contributed by atoms with van der Waals surface area (Å²) in [5, 5.41) is 0. The van der Waals surface area contributed by atoms with E-state index in [1.807, 2.05) is 48.5 Å². The minimum absolute atomic E-state index is 0.182. The van der Waals surface area contributed by atoms with Gasteiger partial charge >= 0.3 is 15.6 Å². The molecule has 0 spiro atoms. The molecule has 0 aliphatic rings. The van der Waals surface area contributed by atoms with E-state index < -0.39 is 32.6 Å². The van der Waals surface area contributed by atoms with E-state index in [1.165, 1.54) is 0 Å². The van der Waals surface area contributed by atoms with Crippen LogP contribution >= 0.6 is 15.6 Å². The lowest BCUT2D eigenvalue weighted by atomic mass is 9.76. The van der Waals surface area contributed by atoms with Crippen LogP contribution in [0.3, 0.4) is 0 Å². The molecule has 0 aromatic heterocycles. The van der Waals surface area contributed by atoms with E-state index in [-0.39, 0.29) is 18.8 Å². The van der Waals surface area contributed by atoms with Crippen LogP contribution in [-0.2, 0) is 22.9 Å². The molecule has 0 rings (SSSR count). The quantitative estimate of drug-likeness (QED) is 0.231. The summed E-state index contributed by atoms with van der Waals surface area (Å²) in [6.07, 6.45) is 2.56. The van der Waals surface area contributed by atoms with Gasteiger partial charge in [0.25, 0.3) is 0 Å². The molecule has 11 heteroatoms. The smallest absolute Gasteiger partial charge is 0.374 e. The molecule has 9 nitrogen and oxygen atoms in total. The lowest BCUT2D eigenvalue weighted by Gasteiger charge is -2.44. The Morgan fingerprint density at radius 3 is 1.57 bits per heavy atom. The third kappa shape index (κ3) is 11.2. The number of rotatable bonds is 16. The molecule has 0 aliphatic heterocycles. The summed E-state index contributed by atoms with van der Waals surface area (Å²) >= 11 is 0. The molecular weight excluding hydrogens is 434 g/mol. The number of phosphoric acid groups is 2. The van der Waals surface area contributed by atoms with Gasteiger partial charge in [-0.15, -0.1) is 0 Å². The van der Waals surface area contributed by atoms with E-state index in [0.29, 0.717) is 25.7 Å². The highest BCUT2D eigenvalue weighted by Crippen LogP contribution is 2.47. The van der Waals surface area contributed by atoms with Crippen LogP contribution < -0.4 is 0 Å². The molecule has 0 fully saturated rings. The van der Waals surface area contributed by atoms with Crippen molar-refractivity contribution in [2.45, 2.75) is 105 Å². The first-order valence-corrected chi connectivity index (χ1v) is 13.7. The summed E-state index contributed by atoms with van der Waals surface area (Å²) < 4.78 is 39.1. The van der Waals surface area contributed by atoms with Gasteiger partial charge in [0, 0.05) is 10.8 Å². The Bertz CT molecular complexity index is 583. The van der Waals surface area contributed by atoms with Crippen molar-refractivity contribution in [2.24, 2.45) is 10.8 Å². The van der Waals surface area contributed by atoms with Crippen molar-refractivity contribution in [3.8, 4) is 0 Å². The normalized spacial score (nSPS) is 17.0. The second-order valence-electron chi connectivity index (χ2n) is 9.14. The van der Waals surface area contributed by atoms with E-state index >= 15 is 0 Å². The van der Waals surface area contributed by atoms with Crippen molar-refractivity contribution in [1.29, 1.82) is 0 Å². The molecule has 182 valence electrons. The molecule has 4 N–H and O–H groups in total. The zero-order valence-electron chi connectivity index (χ0n) is 19.4. The van der Waals surface area contributed by atoms with Gasteiger partial charge in [0.1, 0.15) is 0 Å². The fourth-order valence-electron chi connectivity index (χ4n) is 3.52. The highest BCUT2D eigenvalue weighted by molar-refractivity contribution is 7.46. The van der Waals surface area contributed by atoms with Crippen molar-refractivity contribution in [3.63, 3.8) is 0 Å². The lowest BCUT2D eigenvalue weighted by Crippen LogP contribution is -2.47. The summed E-state index contributed by atoms with van der Waals surface area (Å²) in [6, 6.07) is 0. The fraction of sp³-hybridized carbons (Fsp3) is 1.00. The standard InChI is InChI=1S/C19H42O9P2/c1-8-11-15(18(4,5)14-26-29(20,21)22)27-16(12-9-2)19(6,7)17(13-10-3)28-30(23,24)25/h15-17H,8-14H2,1-7H3,(H2,20,21,22)(H2,23,24,25). The molecule has 0 saturated heterocycles. The largest absolute Gasteiger partial charge is 0.469 e. The summed E-state index contributed by atoms with van der Waals surface area (Å²) in [6.45, 7) is 13.2. The van der Waals surface area contributed by atoms with Crippen molar-refractivity contribution in [1.82, 2.24) is 0 Å². The maximum Gasteiger partial charge on any atom is 0.469 e. The van der Waals surface area contributed by atoms with Crippen LogP contribution in [0.15, 0.2) is 0 Å². The van der Waals surface area contributed by atoms with E-state index in [9.17, 15) is 18.9 Å². The Kier molecular flexibility index (Phi) is 12.5.